The number of hydrogen-bond acceptors (Lipinski definition) is 5. The van der Waals surface area contributed by atoms with Crippen LogP contribution in [0.2, 0.25) is 0 Å². The van der Waals surface area contributed by atoms with Gasteiger partial charge in [-0.3, -0.25) is 0 Å². The Bertz CT molecular complexity index is 771. The minimum Gasteiger partial charge on any atom is -0.367 e. The van der Waals surface area contributed by atoms with Crippen molar-refractivity contribution in [3.8, 4) is 12.3 Å². The number of anilines is 1. The van der Waals surface area contributed by atoms with E-state index in [9.17, 15) is 0 Å². The van der Waals surface area contributed by atoms with E-state index in [4.69, 9.17) is 10.5 Å². The molecular formula is C17H17N5. The molecule has 110 valence electrons. The van der Waals surface area contributed by atoms with Gasteiger partial charge in [0.05, 0.1) is 11.6 Å². The standard InChI is InChI=1S/C17H17N5/c1-12(15-4-5-22(10-15)11-19)21-17-7-16-6-13(8-18)2-3-14(16)9-20-17/h2-3,6-7,9,12,15H,4-5,10H2,1H3,(H,20,21). The molecule has 2 atom stereocenters. The van der Waals surface area contributed by atoms with Crippen molar-refractivity contribution in [3.05, 3.63) is 36.0 Å². The van der Waals surface area contributed by atoms with E-state index in [-0.39, 0.29) is 6.04 Å². The zero-order valence-corrected chi connectivity index (χ0v) is 12.5. The first kappa shape index (κ1) is 14.2. The number of nitrogens with zero attached hydrogens (tertiary/aromatic N) is 4. The van der Waals surface area contributed by atoms with E-state index in [1.807, 2.05) is 24.4 Å². The summed E-state index contributed by atoms with van der Waals surface area (Å²) >= 11 is 0. The second-order valence-corrected chi connectivity index (χ2v) is 5.77. The molecule has 0 aliphatic carbocycles. The van der Waals surface area contributed by atoms with Crippen molar-refractivity contribution >= 4 is 16.6 Å². The lowest BCUT2D eigenvalue weighted by molar-refractivity contribution is 0.432. The Morgan fingerprint density at radius 3 is 2.91 bits per heavy atom. The average Bonchev–Trinajstić information content (AvgIpc) is 3.03. The summed E-state index contributed by atoms with van der Waals surface area (Å²) in [6.07, 6.45) is 5.05. The van der Waals surface area contributed by atoms with Gasteiger partial charge in [-0.15, -0.1) is 0 Å². The largest absolute Gasteiger partial charge is 0.367 e. The zero-order chi connectivity index (χ0) is 15.5. The molecule has 0 radical (unpaired) electrons. The van der Waals surface area contributed by atoms with Crippen LogP contribution in [0.4, 0.5) is 5.82 Å². The van der Waals surface area contributed by atoms with Crippen LogP contribution in [0.5, 0.6) is 0 Å². The molecular weight excluding hydrogens is 274 g/mol. The summed E-state index contributed by atoms with van der Waals surface area (Å²) in [5.41, 5.74) is 0.651. The van der Waals surface area contributed by atoms with Crippen LogP contribution in [-0.2, 0) is 0 Å². The molecule has 1 saturated heterocycles. The summed E-state index contributed by atoms with van der Waals surface area (Å²) in [5, 5.41) is 23.4. The lowest BCUT2D eigenvalue weighted by Gasteiger charge is -2.21. The van der Waals surface area contributed by atoms with Crippen molar-refractivity contribution in [2.24, 2.45) is 5.92 Å². The molecule has 2 aromatic rings. The van der Waals surface area contributed by atoms with E-state index in [0.717, 1.165) is 36.1 Å². The number of fused-ring (bicyclic) bond motifs is 1. The smallest absolute Gasteiger partial charge is 0.179 e. The van der Waals surface area contributed by atoms with E-state index in [2.05, 4.69) is 29.5 Å². The number of hydrogen-bond donors (Lipinski definition) is 1. The Kier molecular flexibility index (Phi) is 3.80. The summed E-state index contributed by atoms with van der Waals surface area (Å²) in [4.78, 5) is 6.24. The minimum atomic E-state index is 0.252. The number of pyridine rings is 1. The van der Waals surface area contributed by atoms with Gasteiger partial charge >= 0.3 is 0 Å². The fourth-order valence-electron chi connectivity index (χ4n) is 2.93. The van der Waals surface area contributed by atoms with Crippen molar-refractivity contribution in [2.45, 2.75) is 19.4 Å². The van der Waals surface area contributed by atoms with Gasteiger partial charge in [0.2, 0.25) is 0 Å². The Morgan fingerprint density at radius 1 is 1.32 bits per heavy atom. The molecule has 2 heterocycles. The van der Waals surface area contributed by atoms with Gasteiger partial charge in [-0.25, -0.2) is 4.98 Å². The summed E-state index contributed by atoms with van der Waals surface area (Å²) in [6, 6.07) is 9.97. The molecule has 1 N–H and O–H groups in total. The lowest BCUT2D eigenvalue weighted by Crippen LogP contribution is -2.28. The number of likely N-dealkylation sites (tertiary alicyclic amines) is 1. The van der Waals surface area contributed by atoms with E-state index in [1.54, 1.807) is 11.0 Å². The molecule has 1 aromatic carbocycles. The van der Waals surface area contributed by atoms with Gasteiger partial charge in [-0.05, 0) is 42.8 Å². The Hall–Kier alpha value is -2.79. The van der Waals surface area contributed by atoms with Crippen LogP contribution in [0.1, 0.15) is 18.9 Å². The maximum absolute atomic E-state index is 8.99. The first-order valence-corrected chi connectivity index (χ1v) is 7.40. The normalized spacial score (nSPS) is 18.7. The van der Waals surface area contributed by atoms with Crippen molar-refractivity contribution in [1.29, 1.82) is 10.5 Å². The van der Waals surface area contributed by atoms with Gasteiger partial charge < -0.3 is 10.2 Å². The lowest BCUT2D eigenvalue weighted by atomic mass is 10.0. The van der Waals surface area contributed by atoms with Gasteiger partial charge in [0.15, 0.2) is 6.19 Å². The first-order chi connectivity index (χ1) is 10.7. The molecule has 5 nitrogen and oxygen atoms in total. The van der Waals surface area contributed by atoms with Gasteiger partial charge in [-0.2, -0.15) is 10.5 Å². The molecule has 1 aliphatic heterocycles. The molecule has 22 heavy (non-hydrogen) atoms. The third-order valence-electron chi connectivity index (χ3n) is 4.30. The Morgan fingerprint density at radius 2 is 2.18 bits per heavy atom. The summed E-state index contributed by atoms with van der Waals surface area (Å²) in [6.45, 7) is 3.77. The molecule has 1 aliphatic rings. The van der Waals surface area contributed by atoms with Crippen LogP contribution in [0, 0.1) is 28.7 Å². The third kappa shape index (κ3) is 2.80. The highest BCUT2D eigenvalue weighted by Gasteiger charge is 2.26. The van der Waals surface area contributed by atoms with Crippen LogP contribution in [0.15, 0.2) is 30.5 Å². The van der Waals surface area contributed by atoms with E-state index >= 15 is 0 Å². The maximum Gasteiger partial charge on any atom is 0.179 e. The van der Waals surface area contributed by atoms with Gasteiger partial charge in [0.1, 0.15) is 5.82 Å². The number of nitriles is 2. The quantitative estimate of drug-likeness (QED) is 0.880. The number of aromatic nitrogens is 1. The fourth-order valence-corrected chi connectivity index (χ4v) is 2.93. The van der Waals surface area contributed by atoms with Crippen LogP contribution in [0.3, 0.4) is 0 Å². The van der Waals surface area contributed by atoms with E-state index in [1.165, 1.54) is 0 Å². The predicted octanol–water partition coefficient (Wildman–Crippen LogP) is 2.71. The highest BCUT2D eigenvalue weighted by atomic mass is 15.1. The Balaban J connectivity index is 1.76. The number of benzene rings is 1. The number of nitrogens with one attached hydrogen (secondary N) is 1. The maximum atomic E-state index is 8.99. The topological polar surface area (TPSA) is 75.7 Å². The summed E-state index contributed by atoms with van der Waals surface area (Å²) < 4.78 is 0. The van der Waals surface area contributed by atoms with Crippen molar-refractivity contribution in [3.63, 3.8) is 0 Å². The van der Waals surface area contributed by atoms with E-state index in [0.29, 0.717) is 11.5 Å². The fraction of sp³-hybridized carbons (Fsp3) is 0.353. The van der Waals surface area contributed by atoms with Gasteiger partial charge in [0.25, 0.3) is 0 Å². The van der Waals surface area contributed by atoms with Crippen LogP contribution < -0.4 is 5.32 Å². The van der Waals surface area contributed by atoms with Crippen LogP contribution >= 0.6 is 0 Å². The van der Waals surface area contributed by atoms with Crippen molar-refractivity contribution < 1.29 is 0 Å². The summed E-state index contributed by atoms with van der Waals surface area (Å²) in [7, 11) is 0. The summed E-state index contributed by atoms with van der Waals surface area (Å²) in [5.74, 6) is 1.26. The molecule has 3 rings (SSSR count). The molecule has 5 heteroatoms. The second-order valence-electron chi connectivity index (χ2n) is 5.77. The SMILES string of the molecule is CC(Nc1cc2cc(C#N)ccc2cn1)C1CCN(C#N)C1. The first-order valence-electron chi connectivity index (χ1n) is 7.40. The molecule has 0 spiro atoms. The monoisotopic (exact) mass is 291 g/mol. The second kappa shape index (κ2) is 5.91. The van der Waals surface area contributed by atoms with Gasteiger partial charge in [0, 0.05) is 30.7 Å². The molecule has 2 unspecified atom stereocenters. The molecule has 0 bridgehead atoms. The molecule has 0 saturated carbocycles. The van der Waals surface area contributed by atoms with Crippen molar-refractivity contribution in [1.82, 2.24) is 9.88 Å². The minimum absolute atomic E-state index is 0.252. The zero-order valence-electron chi connectivity index (χ0n) is 12.5. The number of rotatable bonds is 3. The van der Waals surface area contributed by atoms with Crippen molar-refractivity contribution in [2.75, 3.05) is 18.4 Å². The molecule has 1 fully saturated rings. The average molecular weight is 291 g/mol. The van der Waals surface area contributed by atoms with Crippen LogP contribution in [-0.4, -0.2) is 29.0 Å². The highest BCUT2D eigenvalue weighted by Crippen LogP contribution is 2.23. The Labute approximate surface area is 129 Å². The molecule has 1 aromatic heterocycles. The molecule has 0 amide bonds. The van der Waals surface area contributed by atoms with Crippen LogP contribution in [0.25, 0.3) is 10.8 Å². The van der Waals surface area contributed by atoms with E-state index < -0.39 is 0 Å². The van der Waals surface area contributed by atoms with Gasteiger partial charge in [-0.1, -0.05) is 6.07 Å². The predicted molar refractivity (Wildman–Crippen MR) is 84.8 cm³/mol. The highest BCUT2D eigenvalue weighted by molar-refractivity contribution is 5.85. The third-order valence-corrected chi connectivity index (χ3v) is 4.30.